The smallest absolute Gasteiger partial charge is 0.303 e. The topological polar surface area (TPSA) is 71.1 Å². The molecule has 1 aliphatic rings. The van der Waals surface area contributed by atoms with Gasteiger partial charge in [-0.25, -0.2) is 0 Å². The molecule has 0 spiro atoms. The Morgan fingerprint density at radius 1 is 1.09 bits per heavy atom. The van der Waals surface area contributed by atoms with E-state index in [1.54, 1.807) is 0 Å². The SMILES string of the molecule is C=C1C[C@H](OC(C)=O)[C@@H]([C@H](O[Si](C)(C)C(C)(C)C)C(=C)[C@H](C)CC(=O)Sc2ccc(C)cc2)O[C@H]1COCc1ccccc1. The summed E-state index contributed by atoms with van der Waals surface area (Å²) in [6.07, 6.45) is -1.55. The number of benzene rings is 2. The van der Waals surface area contributed by atoms with E-state index in [2.05, 4.69) is 47.0 Å². The van der Waals surface area contributed by atoms with Crippen LogP contribution < -0.4 is 0 Å². The third-order valence-electron chi connectivity index (χ3n) is 8.55. The third kappa shape index (κ3) is 10.3. The lowest BCUT2D eigenvalue weighted by Gasteiger charge is -2.46. The Kier molecular flexibility index (Phi) is 12.8. The van der Waals surface area contributed by atoms with Crippen LogP contribution >= 0.6 is 11.8 Å². The maximum atomic E-state index is 13.2. The first-order valence-electron chi connectivity index (χ1n) is 15.3. The fourth-order valence-electron chi connectivity index (χ4n) is 4.77. The molecule has 0 N–H and O–H groups in total. The molecule has 8 heteroatoms. The molecule has 0 aliphatic carbocycles. The Morgan fingerprint density at radius 3 is 2.32 bits per heavy atom. The second kappa shape index (κ2) is 15.7. The molecule has 0 unspecified atom stereocenters. The summed E-state index contributed by atoms with van der Waals surface area (Å²) in [6, 6.07) is 17.9. The van der Waals surface area contributed by atoms with Crippen molar-refractivity contribution in [1.82, 2.24) is 0 Å². The van der Waals surface area contributed by atoms with Gasteiger partial charge in [-0.15, -0.1) is 0 Å². The first kappa shape index (κ1) is 36.0. The van der Waals surface area contributed by atoms with Gasteiger partial charge in [-0.1, -0.05) is 101 Å². The predicted octanol–water partition coefficient (Wildman–Crippen LogP) is 8.45. The highest BCUT2D eigenvalue weighted by molar-refractivity contribution is 8.13. The van der Waals surface area contributed by atoms with Crippen LogP contribution in [0.25, 0.3) is 0 Å². The lowest BCUT2D eigenvalue weighted by Crippen LogP contribution is -2.55. The van der Waals surface area contributed by atoms with Gasteiger partial charge in [-0.3, -0.25) is 9.59 Å². The van der Waals surface area contributed by atoms with Gasteiger partial charge in [0.25, 0.3) is 0 Å². The van der Waals surface area contributed by atoms with Gasteiger partial charge in [-0.05, 0) is 59.8 Å². The van der Waals surface area contributed by atoms with Crippen molar-refractivity contribution in [2.45, 2.75) is 108 Å². The van der Waals surface area contributed by atoms with Crippen LogP contribution in [0, 0.1) is 12.8 Å². The van der Waals surface area contributed by atoms with Gasteiger partial charge in [0.05, 0.1) is 19.3 Å². The summed E-state index contributed by atoms with van der Waals surface area (Å²) in [6.45, 7) is 25.8. The molecule has 2 aromatic carbocycles. The van der Waals surface area contributed by atoms with Crippen molar-refractivity contribution >= 4 is 31.2 Å². The first-order chi connectivity index (χ1) is 20.6. The van der Waals surface area contributed by atoms with Crippen LogP contribution in [0.1, 0.15) is 58.6 Å². The number of rotatable bonds is 13. The summed E-state index contributed by atoms with van der Waals surface area (Å²) < 4.78 is 25.6. The maximum absolute atomic E-state index is 13.2. The zero-order chi connectivity index (χ0) is 32.7. The molecule has 44 heavy (non-hydrogen) atoms. The molecular weight excluding hydrogens is 589 g/mol. The molecule has 1 saturated heterocycles. The molecule has 0 radical (unpaired) electrons. The zero-order valence-corrected chi connectivity index (χ0v) is 29.5. The molecule has 240 valence electrons. The van der Waals surface area contributed by atoms with E-state index in [4.69, 9.17) is 18.6 Å². The van der Waals surface area contributed by atoms with E-state index in [9.17, 15) is 9.59 Å². The number of carbonyl (C=O) groups is 2. The van der Waals surface area contributed by atoms with Crippen molar-refractivity contribution < 1.29 is 28.2 Å². The number of carbonyl (C=O) groups excluding carboxylic acids is 2. The number of esters is 1. The minimum absolute atomic E-state index is 0.0512. The lowest BCUT2D eigenvalue weighted by molar-refractivity contribution is -0.177. The summed E-state index contributed by atoms with van der Waals surface area (Å²) in [7, 11) is -2.37. The minimum atomic E-state index is -2.37. The van der Waals surface area contributed by atoms with Crippen LogP contribution in [0.3, 0.4) is 0 Å². The highest BCUT2D eigenvalue weighted by atomic mass is 32.2. The van der Waals surface area contributed by atoms with Crippen molar-refractivity contribution in [2.75, 3.05) is 6.61 Å². The average molecular weight is 639 g/mol. The zero-order valence-electron chi connectivity index (χ0n) is 27.7. The number of hydrogen-bond acceptors (Lipinski definition) is 7. The molecule has 0 amide bonds. The van der Waals surface area contributed by atoms with E-state index >= 15 is 0 Å². The molecule has 1 aliphatic heterocycles. The number of thioether (sulfide) groups is 1. The Labute approximate surface area is 269 Å². The Balaban J connectivity index is 1.86. The van der Waals surface area contributed by atoms with Crippen molar-refractivity contribution in [3.63, 3.8) is 0 Å². The van der Waals surface area contributed by atoms with E-state index in [-0.39, 0.29) is 22.5 Å². The maximum Gasteiger partial charge on any atom is 0.303 e. The number of hydrogen-bond donors (Lipinski definition) is 0. The summed E-state index contributed by atoms with van der Waals surface area (Å²) in [5.41, 5.74) is 3.77. The molecule has 0 bridgehead atoms. The van der Waals surface area contributed by atoms with E-state index in [0.29, 0.717) is 19.6 Å². The van der Waals surface area contributed by atoms with E-state index in [0.717, 1.165) is 27.2 Å². The molecule has 0 aromatic heterocycles. The fraction of sp³-hybridized carbons (Fsp3) is 0.500. The van der Waals surface area contributed by atoms with Crippen LogP contribution in [-0.4, -0.2) is 50.4 Å². The molecule has 0 saturated carbocycles. The normalized spacial score (nSPS) is 20.5. The second-order valence-corrected chi connectivity index (χ2v) is 19.3. The summed E-state index contributed by atoms with van der Waals surface area (Å²) >= 11 is 1.24. The van der Waals surface area contributed by atoms with Gasteiger partial charge < -0.3 is 18.6 Å². The minimum Gasteiger partial charge on any atom is -0.459 e. The highest BCUT2D eigenvalue weighted by Crippen LogP contribution is 2.42. The van der Waals surface area contributed by atoms with Gasteiger partial charge in [0.1, 0.15) is 18.3 Å². The average Bonchev–Trinajstić information content (AvgIpc) is 2.93. The predicted molar refractivity (Wildman–Crippen MR) is 181 cm³/mol. The van der Waals surface area contributed by atoms with Crippen LogP contribution in [0.15, 0.2) is 83.8 Å². The van der Waals surface area contributed by atoms with Gasteiger partial charge in [0, 0.05) is 24.7 Å². The van der Waals surface area contributed by atoms with Crippen molar-refractivity contribution in [3.05, 3.63) is 90.0 Å². The fourth-order valence-corrected chi connectivity index (χ4v) is 6.91. The largest absolute Gasteiger partial charge is 0.459 e. The first-order valence-corrected chi connectivity index (χ1v) is 19.1. The summed E-state index contributed by atoms with van der Waals surface area (Å²) in [4.78, 5) is 26.3. The number of ether oxygens (including phenoxy) is 3. The molecule has 6 nitrogen and oxygen atoms in total. The Morgan fingerprint density at radius 2 is 1.73 bits per heavy atom. The Hall–Kier alpha value is -2.49. The second-order valence-electron chi connectivity index (χ2n) is 13.4. The molecule has 1 fully saturated rings. The number of aryl methyl sites for hydroxylation is 1. The van der Waals surface area contributed by atoms with E-state index in [1.807, 2.05) is 68.4 Å². The summed E-state index contributed by atoms with van der Waals surface area (Å²) in [5, 5.41) is -0.0468. The standard InChI is InChI=1S/C36H50O6SSi/c1-24-16-18-30(19-17-24)43-33(38)21-25(2)27(4)34(42-44(9,10)36(6,7)8)35-31(40-28(5)37)20-26(3)32(41-35)23-39-22-29-14-12-11-13-15-29/h11-19,25,31-32,34-35H,3-4,20-23H2,1-2,5-10H3/t25-,31+,32+,34-,35+/m1/s1. The Bertz CT molecular complexity index is 1280. The van der Waals surface area contributed by atoms with Gasteiger partial charge in [-0.2, -0.15) is 0 Å². The lowest BCUT2D eigenvalue weighted by atomic mass is 9.86. The van der Waals surface area contributed by atoms with Crippen LogP contribution in [0.2, 0.25) is 18.1 Å². The van der Waals surface area contributed by atoms with E-state index in [1.165, 1.54) is 18.7 Å². The molecule has 5 atom stereocenters. The molecule has 3 rings (SSSR count). The van der Waals surface area contributed by atoms with Gasteiger partial charge in [0.15, 0.2) is 13.4 Å². The quantitative estimate of drug-likeness (QED) is 0.0944. The van der Waals surface area contributed by atoms with Crippen molar-refractivity contribution in [1.29, 1.82) is 0 Å². The molecule has 1 heterocycles. The highest BCUT2D eigenvalue weighted by Gasteiger charge is 2.47. The van der Waals surface area contributed by atoms with Crippen LogP contribution in [-0.2, 0) is 34.8 Å². The molecular formula is C36H50O6SSi. The van der Waals surface area contributed by atoms with Crippen molar-refractivity contribution in [2.24, 2.45) is 5.92 Å². The summed E-state index contributed by atoms with van der Waals surface area (Å²) in [5.74, 6) is -0.598. The molecule has 2 aromatic rings. The monoisotopic (exact) mass is 638 g/mol. The van der Waals surface area contributed by atoms with Crippen LogP contribution in [0.5, 0.6) is 0 Å². The van der Waals surface area contributed by atoms with E-state index < -0.39 is 38.7 Å². The van der Waals surface area contributed by atoms with Gasteiger partial charge >= 0.3 is 5.97 Å². The van der Waals surface area contributed by atoms with Gasteiger partial charge in [0.2, 0.25) is 0 Å². The van der Waals surface area contributed by atoms with Crippen molar-refractivity contribution in [3.8, 4) is 0 Å². The third-order valence-corrected chi connectivity index (χ3v) is 13.9. The van der Waals surface area contributed by atoms with Crippen LogP contribution in [0.4, 0.5) is 0 Å².